The Labute approximate surface area is 191 Å². The average molecular weight is 441 g/mol. The van der Waals surface area contributed by atoms with Crippen LogP contribution >= 0.6 is 0 Å². The van der Waals surface area contributed by atoms with Crippen LogP contribution in [-0.4, -0.2) is 24.8 Å². The molecule has 0 fully saturated rings. The van der Waals surface area contributed by atoms with Gasteiger partial charge in [-0.25, -0.2) is 4.90 Å². The first-order valence-corrected chi connectivity index (χ1v) is 10.4. The first-order chi connectivity index (χ1) is 15.9. The summed E-state index contributed by atoms with van der Waals surface area (Å²) in [6, 6.07) is 21.2. The molecular formula is C26H23N3O4. The molecule has 0 saturated heterocycles. The van der Waals surface area contributed by atoms with E-state index in [9.17, 15) is 14.4 Å². The van der Waals surface area contributed by atoms with Gasteiger partial charge in [0, 0.05) is 23.9 Å². The number of imide groups is 1. The topological polar surface area (TPSA) is 87.7 Å². The summed E-state index contributed by atoms with van der Waals surface area (Å²) >= 11 is 0. The molecule has 0 atom stereocenters. The summed E-state index contributed by atoms with van der Waals surface area (Å²) < 4.78 is 5.47. The molecule has 166 valence electrons. The summed E-state index contributed by atoms with van der Waals surface area (Å²) in [6.45, 7) is 3.33. The molecule has 3 amide bonds. The van der Waals surface area contributed by atoms with Crippen molar-refractivity contribution in [1.82, 2.24) is 0 Å². The third-order valence-electron chi connectivity index (χ3n) is 5.19. The zero-order chi connectivity index (χ0) is 23.5. The smallest absolute Gasteiger partial charge is 0.282 e. The van der Waals surface area contributed by atoms with Crippen LogP contribution in [-0.2, 0) is 14.4 Å². The number of hydrogen-bond donors (Lipinski definition) is 2. The van der Waals surface area contributed by atoms with Gasteiger partial charge < -0.3 is 15.4 Å². The van der Waals surface area contributed by atoms with Crippen LogP contribution < -0.4 is 20.3 Å². The number of nitrogens with one attached hydrogen (secondary N) is 2. The molecule has 2 N–H and O–H groups in total. The quantitative estimate of drug-likeness (QED) is 0.555. The number of carbonyl (C=O) groups is 3. The first-order valence-electron chi connectivity index (χ1n) is 10.4. The van der Waals surface area contributed by atoms with E-state index >= 15 is 0 Å². The molecule has 3 aromatic carbocycles. The zero-order valence-corrected chi connectivity index (χ0v) is 18.5. The van der Waals surface area contributed by atoms with Crippen LogP contribution in [0, 0.1) is 6.92 Å². The number of anilines is 3. The summed E-state index contributed by atoms with van der Waals surface area (Å²) in [5.41, 5.74) is 3.55. The minimum Gasteiger partial charge on any atom is -0.496 e. The lowest BCUT2D eigenvalue weighted by Gasteiger charge is -2.16. The van der Waals surface area contributed by atoms with Gasteiger partial charge in [0.1, 0.15) is 11.4 Å². The number of methoxy groups -OCH3 is 1. The van der Waals surface area contributed by atoms with Crippen molar-refractivity contribution in [1.29, 1.82) is 0 Å². The maximum Gasteiger partial charge on any atom is 0.282 e. The second kappa shape index (κ2) is 9.00. The minimum atomic E-state index is -0.461. The Hall–Kier alpha value is -4.39. The fourth-order valence-corrected chi connectivity index (χ4v) is 3.73. The van der Waals surface area contributed by atoms with Crippen molar-refractivity contribution in [2.45, 2.75) is 13.8 Å². The number of benzene rings is 3. The Bertz CT molecular complexity index is 1280. The molecule has 4 rings (SSSR count). The van der Waals surface area contributed by atoms with Gasteiger partial charge in [0.25, 0.3) is 11.8 Å². The van der Waals surface area contributed by atoms with Gasteiger partial charge in [-0.1, -0.05) is 30.3 Å². The second-order valence-corrected chi connectivity index (χ2v) is 7.62. The molecule has 0 radical (unpaired) electrons. The Balaban J connectivity index is 1.79. The molecule has 33 heavy (non-hydrogen) atoms. The zero-order valence-electron chi connectivity index (χ0n) is 18.5. The van der Waals surface area contributed by atoms with E-state index in [1.54, 1.807) is 66.7 Å². The van der Waals surface area contributed by atoms with Crippen molar-refractivity contribution >= 4 is 40.4 Å². The van der Waals surface area contributed by atoms with Crippen molar-refractivity contribution in [3.8, 4) is 5.75 Å². The maximum atomic E-state index is 13.6. The van der Waals surface area contributed by atoms with E-state index in [0.29, 0.717) is 28.4 Å². The van der Waals surface area contributed by atoms with Gasteiger partial charge in [-0.2, -0.15) is 0 Å². The van der Waals surface area contributed by atoms with Gasteiger partial charge in [0.15, 0.2) is 0 Å². The van der Waals surface area contributed by atoms with Crippen molar-refractivity contribution in [3.63, 3.8) is 0 Å². The number of amides is 3. The lowest BCUT2D eigenvalue weighted by Crippen LogP contribution is -2.32. The number of nitrogens with zero attached hydrogens (tertiary/aromatic N) is 1. The largest absolute Gasteiger partial charge is 0.496 e. The summed E-state index contributed by atoms with van der Waals surface area (Å²) in [5, 5.41) is 5.82. The van der Waals surface area contributed by atoms with Gasteiger partial charge in [-0.3, -0.25) is 14.4 Å². The van der Waals surface area contributed by atoms with Crippen molar-refractivity contribution < 1.29 is 19.1 Å². The molecule has 7 heteroatoms. The fraction of sp³-hybridized carbons (Fsp3) is 0.115. The Morgan fingerprint density at radius 1 is 0.879 bits per heavy atom. The monoisotopic (exact) mass is 441 g/mol. The molecule has 0 spiro atoms. The molecule has 1 heterocycles. The van der Waals surface area contributed by atoms with E-state index in [-0.39, 0.29) is 17.2 Å². The summed E-state index contributed by atoms with van der Waals surface area (Å²) in [4.78, 5) is 39.5. The van der Waals surface area contributed by atoms with Crippen LogP contribution in [0.4, 0.5) is 17.1 Å². The second-order valence-electron chi connectivity index (χ2n) is 7.62. The van der Waals surface area contributed by atoms with Crippen molar-refractivity contribution in [2.75, 3.05) is 22.6 Å². The molecule has 7 nitrogen and oxygen atoms in total. The number of aryl methyl sites for hydroxylation is 1. The summed E-state index contributed by atoms with van der Waals surface area (Å²) in [7, 11) is 1.52. The number of hydrogen-bond acceptors (Lipinski definition) is 5. The molecule has 0 aliphatic carbocycles. The van der Waals surface area contributed by atoms with Crippen molar-refractivity contribution in [2.24, 2.45) is 0 Å². The van der Waals surface area contributed by atoms with Gasteiger partial charge in [-0.05, 0) is 55.0 Å². The predicted molar refractivity (Wildman–Crippen MR) is 128 cm³/mol. The highest BCUT2D eigenvalue weighted by Crippen LogP contribution is 2.37. The Kier molecular flexibility index (Phi) is 5.95. The third-order valence-corrected chi connectivity index (χ3v) is 5.19. The van der Waals surface area contributed by atoms with E-state index < -0.39 is 11.8 Å². The lowest BCUT2D eigenvalue weighted by molar-refractivity contribution is -0.120. The Morgan fingerprint density at radius 2 is 1.58 bits per heavy atom. The number of rotatable bonds is 6. The number of ether oxygens (including phenoxy) is 1. The summed E-state index contributed by atoms with van der Waals surface area (Å²) in [6.07, 6.45) is 0. The van der Waals surface area contributed by atoms with E-state index in [0.717, 1.165) is 5.56 Å². The van der Waals surface area contributed by atoms with E-state index in [4.69, 9.17) is 4.74 Å². The molecule has 0 aromatic heterocycles. The molecule has 1 aliphatic rings. The molecular weight excluding hydrogens is 418 g/mol. The normalized spacial score (nSPS) is 13.4. The van der Waals surface area contributed by atoms with Crippen LogP contribution in [0.25, 0.3) is 5.57 Å². The van der Waals surface area contributed by atoms with Gasteiger partial charge in [-0.15, -0.1) is 0 Å². The van der Waals surface area contributed by atoms with Gasteiger partial charge >= 0.3 is 0 Å². The van der Waals surface area contributed by atoms with Gasteiger partial charge in [0.05, 0.1) is 18.4 Å². The predicted octanol–water partition coefficient (Wildman–Crippen LogP) is 4.36. The molecule has 1 aliphatic heterocycles. The van der Waals surface area contributed by atoms with Gasteiger partial charge in [0.2, 0.25) is 5.91 Å². The Morgan fingerprint density at radius 3 is 2.24 bits per heavy atom. The lowest BCUT2D eigenvalue weighted by atomic mass is 10.0. The number of para-hydroxylation sites is 1. The van der Waals surface area contributed by atoms with E-state index in [1.807, 2.05) is 13.0 Å². The highest BCUT2D eigenvalue weighted by molar-refractivity contribution is 6.46. The molecule has 0 unspecified atom stereocenters. The van der Waals surface area contributed by atoms with Crippen LogP contribution in [0.1, 0.15) is 18.1 Å². The average Bonchev–Trinajstić information content (AvgIpc) is 3.03. The maximum absolute atomic E-state index is 13.6. The fourth-order valence-electron chi connectivity index (χ4n) is 3.73. The SMILES string of the molecule is COc1ccccc1C1=C(Nc2ccc(NC(C)=O)cc2)C(=O)N(c2cccc(C)c2)C1=O. The number of carbonyl (C=O) groups excluding carboxylic acids is 3. The molecule has 0 bridgehead atoms. The highest BCUT2D eigenvalue weighted by atomic mass is 16.5. The van der Waals surface area contributed by atoms with E-state index in [2.05, 4.69) is 10.6 Å². The van der Waals surface area contributed by atoms with Crippen LogP contribution in [0.5, 0.6) is 5.75 Å². The summed E-state index contributed by atoms with van der Waals surface area (Å²) in [5.74, 6) is -0.591. The minimum absolute atomic E-state index is 0.151. The van der Waals surface area contributed by atoms with Crippen LogP contribution in [0.2, 0.25) is 0 Å². The van der Waals surface area contributed by atoms with E-state index in [1.165, 1.54) is 18.9 Å². The van der Waals surface area contributed by atoms with Crippen LogP contribution in [0.3, 0.4) is 0 Å². The first kappa shape index (κ1) is 21.8. The van der Waals surface area contributed by atoms with Crippen LogP contribution in [0.15, 0.2) is 78.5 Å². The molecule has 3 aromatic rings. The molecule has 0 saturated carbocycles. The standard InChI is InChI=1S/C26H23N3O4/c1-16-7-6-8-20(15-16)29-25(31)23(21-9-4-5-10-22(21)33-3)24(26(29)32)28-19-13-11-18(12-14-19)27-17(2)30/h4-15,28H,1-3H3,(H,27,30). The third kappa shape index (κ3) is 4.34. The highest BCUT2D eigenvalue weighted by Gasteiger charge is 2.41. The van der Waals surface area contributed by atoms with Crippen molar-refractivity contribution in [3.05, 3.63) is 89.6 Å².